The van der Waals surface area contributed by atoms with Gasteiger partial charge in [-0.3, -0.25) is 4.79 Å². The van der Waals surface area contributed by atoms with Crippen LogP contribution in [-0.2, 0) is 13.1 Å². The highest BCUT2D eigenvalue weighted by Gasteiger charge is 2.14. The summed E-state index contributed by atoms with van der Waals surface area (Å²) >= 11 is 0. The van der Waals surface area contributed by atoms with Crippen molar-refractivity contribution in [1.29, 1.82) is 0 Å². The standard InChI is InChI=1S/C16H14N4O/c21-16(13-2-1-3-14-15(13)19-9-18-14)20-12-5-4-10-7-17-8-11(10)6-12/h1-6,9,17H,7-8H2,(H,18,19)(H,20,21). The molecule has 3 N–H and O–H groups in total. The molecule has 0 aliphatic carbocycles. The number of para-hydroxylation sites is 1. The van der Waals surface area contributed by atoms with Gasteiger partial charge in [0.05, 0.1) is 17.4 Å². The van der Waals surface area contributed by atoms with Crippen molar-refractivity contribution >= 4 is 22.6 Å². The van der Waals surface area contributed by atoms with Crippen molar-refractivity contribution in [2.75, 3.05) is 5.32 Å². The van der Waals surface area contributed by atoms with Crippen molar-refractivity contribution in [3.05, 3.63) is 59.4 Å². The highest BCUT2D eigenvalue weighted by molar-refractivity contribution is 6.11. The molecule has 1 aliphatic rings. The maximum absolute atomic E-state index is 12.4. The molecular weight excluding hydrogens is 264 g/mol. The average Bonchev–Trinajstić information content (AvgIpc) is 3.14. The molecule has 5 nitrogen and oxygen atoms in total. The summed E-state index contributed by atoms with van der Waals surface area (Å²) in [6, 6.07) is 11.6. The molecule has 4 rings (SSSR count). The monoisotopic (exact) mass is 278 g/mol. The number of imidazole rings is 1. The second kappa shape index (κ2) is 4.71. The largest absolute Gasteiger partial charge is 0.345 e. The lowest BCUT2D eigenvalue weighted by Gasteiger charge is -2.07. The van der Waals surface area contributed by atoms with Gasteiger partial charge in [-0.05, 0) is 35.4 Å². The lowest BCUT2D eigenvalue weighted by atomic mass is 10.1. The fraction of sp³-hybridized carbons (Fsp3) is 0.125. The molecule has 104 valence electrons. The number of hydrogen-bond donors (Lipinski definition) is 3. The van der Waals surface area contributed by atoms with Crippen molar-refractivity contribution in [3.8, 4) is 0 Å². The molecule has 0 fully saturated rings. The fourth-order valence-electron chi connectivity index (χ4n) is 2.72. The number of benzene rings is 2. The molecule has 0 saturated carbocycles. The van der Waals surface area contributed by atoms with Crippen molar-refractivity contribution in [2.24, 2.45) is 0 Å². The lowest BCUT2D eigenvalue weighted by molar-refractivity contribution is 0.102. The molecule has 0 atom stereocenters. The number of nitrogens with zero attached hydrogens (tertiary/aromatic N) is 1. The van der Waals surface area contributed by atoms with Gasteiger partial charge in [-0.2, -0.15) is 0 Å². The Kier molecular flexibility index (Phi) is 2.72. The van der Waals surface area contributed by atoms with Crippen LogP contribution in [0.1, 0.15) is 21.5 Å². The van der Waals surface area contributed by atoms with Gasteiger partial charge in [0.25, 0.3) is 5.91 Å². The van der Waals surface area contributed by atoms with Crippen LogP contribution in [0.2, 0.25) is 0 Å². The number of hydrogen-bond acceptors (Lipinski definition) is 3. The Bertz CT molecular complexity index is 837. The van der Waals surface area contributed by atoms with Gasteiger partial charge in [-0.15, -0.1) is 0 Å². The van der Waals surface area contributed by atoms with Crippen LogP contribution in [0.25, 0.3) is 11.0 Å². The van der Waals surface area contributed by atoms with E-state index in [-0.39, 0.29) is 5.91 Å². The van der Waals surface area contributed by atoms with E-state index in [9.17, 15) is 4.79 Å². The molecule has 1 amide bonds. The van der Waals surface area contributed by atoms with E-state index in [0.717, 1.165) is 24.3 Å². The van der Waals surface area contributed by atoms with Crippen LogP contribution in [-0.4, -0.2) is 15.9 Å². The minimum atomic E-state index is -0.140. The number of rotatable bonds is 2. The van der Waals surface area contributed by atoms with Gasteiger partial charge in [0.15, 0.2) is 0 Å². The quantitative estimate of drug-likeness (QED) is 0.674. The van der Waals surface area contributed by atoms with E-state index in [1.54, 1.807) is 12.4 Å². The minimum absolute atomic E-state index is 0.140. The van der Waals surface area contributed by atoms with Crippen LogP contribution < -0.4 is 10.6 Å². The van der Waals surface area contributed by atoms with Gasteiger partial charge in [0.2, 0.25) is 0 Å². The summed E-state index contributed by atoms with van der Waals surface area (Å²) in [4.78, 5) is 19.7. The minimum Gasteiger partial charge on any atom is -0.345 e. The van der Waals surface area contributed by atoms with E-state index in [0.29, 0.717) is 11.1 Å². The Morgan fingerprint density at radius 1 is 1.14 bits per heavy atom. The molecule has 0 saturated heterocycles. The van der Waals surface area contributed by atoms with Crippen LogP contribution in [0.4, 0.5) is 5.69 Å². The molecule has 1 aromatic heterocycles. The van der Waals surface area contributed by atoms with E-state index in [4.69, 9.17) is 0 Å². The Morgan fingerprint density at radius 3 is 3.00 bits per heavy atom. The lowest BCUT2D eigenvalue weighted by Crippen LogP contribution is -2.12. The third-order valence-electron chi connectivity index (χ3n) is 3.79. The maximum Gasteiger partial charge on any atom is 0.257 e. The number of aromatic nitrogens is 2. The third kappa shape index (κ3) is 2.08. The number of nitrogens with one attached hydrogen (secondary N) is 3. The topological polar surface area (TPSA) is 69.8 Å². The van der Waals surface area contributed by atoms with Crippen molar-refractivity contribution < 1.29 is 4.79 Å². The molecule has 0 unspecified atom stereocenters. The fourth-order valence-corrected chi connectivity index (χ4v) is 2.72. The second-order valence-corrected chi connectivity index (χ2v) is 5.15. The number of amides is 1. The van der Waals surface area contributed by atoms with E-state index in [1.807, 2.05) is 24.3 Å². The summed E-state index contributed by atoms with van der Waals surface area (Å²) < 4.78 is 0. The summed E-state index contributed by atoms with van der Waals surface area (Å²) in [5.41, 5.74) is 5.48. The second-order valence-electron chi connectivity index (χ2n) is 5.15. The molecule has 1 aliphatic heterocycles. The Hall–Kier alpha value is -2.66. The normalized spacial score (nSPS) is 13.3. The first-order valence-corrected chi connectivity index (χ1v) is 6.87. The van der Waals surface area contributed by atoms with Crippen LogP contribution >= 0.6 is 0 Å². The average molecular weight is 278 g/mol. The number of carbonyl (C=O) groups excluding carboxylic acids is 1. The third-order valence-corrected chi connectivity index (χ3v) is 3.79. The Morgan fingerprint density at radius 2 is 2.05 bits per heavy atom. The highest BCUT2D eigenvalue weighted by Crippen LogP contribution is 2.21. The zero-order valence-electron chi connectivity index (χ0n) is 11.3. The molecule has 21 heavy (non-hydrogen) atoms. The summed E-state index contributed by atoms with van der Waals surface area (Å²) in [7, 11) is 0. The SMILES string of the molecule is O=C(Nc1ccc2c(c1)CNC2)c1cccc2[nH]cnc12. The number of H-pyrrole nitrogens is 1. The molecule has 0 spiro atoms. The summed E-state index contributed by atoms with van der Waals surface area (Å²) in [5, 5.41) is 6.24. The smallest absolute Gasteiger partial charge is 0.257 e. The van der Waals surface area contributed by atoms with Gasteiger partial charge in [0, 0.05) is 18.8 Å². The number of carbonyl (C=O) groups is 1. The van der Waals surface area contributed by atoms with E-state index in [2.05, 4.69) is 26.7 Å². The number of aromatic amines is 1. The Labute approximate surface area is 121 Å². The summed E-state index contributed by atoms with van der Waals surface area (Å²) in [5.74, 6) is -0.140. The first kappa shape index (κ1) is 12.1. The van der Waals surface area contributed by atoms with Gasteiger partial charge in [-0.1, -0.05) is 12.1 Å². The maximum atomic E-state index is 12.4. The predicted octanol–water partition coefficient (Wildman–Crippen LogP) is 2.42. The summed E-state index contributed by atoms with van der Waals surface area (Å²) in [6.07, 6.45) is 1.60. The van der Waals surface area contributed by atoms with E-state index >= 15 is 0 Å². The van der Waals surface area contributed by atoms with Gasteiger partial charge in [-0.25, -0.2) is 4.98 Å². The molecule has 0 radical (unpaired) electrons. The van der Waals surface area contributed by atoms with Crippen LogP contribution in [0.3, 0.4) is 0 Å². The van der Waals surface area contributed by atoms with Gasteiger partial charge in [0.1, 0.15) is 5.52 Å². The van der Waals surface area contributed by atoms with Crippen molar-refractivity contribution in [2.45, 2.75) is 13.1 Å². The molecule has 3 aromatic rings. The molecular formula is C16H14N4O. The first-order chi connectivity index (χ1) is 10.3. The van der Waals surface area contributed by atoms with Crippen molar-refractivity contribution in [1.82, 2.24) is 15.3 Å². The molecule has 2 heterocycles. The zero-order valence-corrected chi connectivity index (χ0v) is 11.3. The number of anilines is 1. The molecule has 2 aromatic carbocycles. The zero-order chi connectivity index (χ0) is 14.2. The highest BCUT2D eigenvalue weighted by atomic mass is 16.1. The summed E-state index contributed by atoms with van der Waals surface area (Å²) in [6.45, 7) is 1.75. The van der Waals surface area contributed by atoms with E-state index in [1.165, 1.54) is 11.1 Å². The predicted molar refractivity (Wildman–Crippen MR) is 81.0 cm³/mol. The van der Waals surface area contributed by atoms with E-state index < -0.39 is 0 Å². The number of fused-ring (bicyclic) bond motifs is 2. The van der Waals surface area contributed by atoms with Gasteiger partial charge >= 0.3 is 0 Å². The van der Waals surface area contributed by atoms with Crippen LogP contribution in [0.5, 0.6) is 0 Å². The molecule has 0 bridgehead atoms. The molecule has 5 heteroatoms. The van der Waals surface area contributed by atoms with Crippen molar-refractivity contribution in [3.63, 3.8) is 0 Å². The van der Waals surface area contributed by atoms with Crippen LogP contribution in [0, 0.1) is 0 Å². The van der Waals surface area contributed by atoms with Gasteiger partial charge < -0.3 is 15.6 Å². The Balaban J connectivity index is 1.65. The first-order valence-electron chi connectivity index (χ1n) is 6.87. The van der Waals surface area contributed by atoms with Crippen LogP contribution in [0.15, 0.2) is 42.7 Å².